The van der Waals surface area contributed by atoms with Gasteiger partial charge in [0.05, 0.1) is 0 Å². The molecule has 26 heavy (non-hydrogen) atoms. The van der Waals surface area contributed by atoms with E-state index >= 15 is 0 Å². The van der Waals surface area contributed by atoms with Crippen LogP contribution in [-0.4, -0.2) is 63.7 Å². The van der Waals surface area contributed by atoms with Gasteiger partial charge in [-0.05, 0) is 31.4 Å². The molecule has 0 heterocycles. The highest BCUT2D eigenvalue weighted by atomic mass is 127. The van der Waals surface area contributed by atoms with Gasteiger partial charge in [-0.2, -0.15) is 0 Å². The Hall–Kier alpha value is -1.06. The van der Waals surface area contributed by atoms with Crippen molar-refractivity contribution in [2.45, 2.75) is 19.8 Å². The standard InChI is InChI=1S/C18H29ClN4O2.HI/c1-4-25-13-7-11-20-18(22-14-17(24)23(2)3)21-12-10-15-8-5-6-9-16(15)19;/h5-6,8-9H,4,7,10-14H2,1-3H3,(H2,20,21,22);1H. The first-order chi connectivity index (χ1) is 12.0. The molecular formula is C18H30ClIN4O2. The number of guanidine groups is 1. The molecule has 0 saturated heterocycles. The fourth-order valence-corrected chi connectivity index (χ4v) is 2.23. The molecule has 0 unspecified atom stereocenters. The second-order valence-electron chi connectivity index (χ2n) is 5.70. The number of hydrogen-bond acceptors (Lipinski definition) is 3. The zero-order valence-corrected chi connectivity index (χ0v) is 18.8. The van der Waals surface area contributed by atoms with Crippen molar-refractivity contribution in [3.63, 3.8) is 0 Å². The molecule has 148 valence electrons. The molecule has 0 saturated carbocycles. The van der Waals surface area contributed by atoms with Gasteiger partial charge in [-0.25, -0.2) is 4.99 Å². The summed E-state index contributed by atoms with van der Waals surface area (Å²) in [5.41, 5.74) is 1.08. The molecule has 0 atom stereocenters. The van der Waals surface area contributed by atoms with Crippen LogP contribution in [0.4, 0.5) is 0 Å². The second kappa shape index (κ2) is 15.0. The highest BCUT2D eigenvalue weighted by molar-refractivity contribution is 14.0. The fourth-order valence-electron chi connectivity index (χ4n) is 2.00. The highest BCUT2D eigenvalue weighted by Gasteiger charge is 2.05. The molecule has 0 fully saturated rings. The van der Waals surface area contributed by atoms with Gasteiger partial charge in [0.2, 0.25) is 5.91 Å². The summed E-state index contributed by atoms with van der Waals surface area (Å²) in [6.45, 7) is 4.91. The number of nitrogens with one attached hydrogen (secondary N) is 2. The van der Waals surface area contributed by atoms with Gasteiger partial charge in [-0.15, -0.1) is 24.0 Å². The lowest BCUT2D eigenvalue weighted by Gasteiger charge is -2.14. The molecule has 0 aliphatic heterocycles. The molecule has 0 aliphatic carbocycles. The van der Waals surface area contributed by atoms with Crippen molar-refractivity contribution in [3.8, 4) is 0 Å². The van der Waals surface area contributed by atoms with E-state index < -0.39 is 0 Å². The topological polar surface area (TPSA) is 66.0 Å². The molecule has 2 N–H and O–H groups in total. The summed E-state index contributed by atoms with van der Waals surface area (Å²) in [6, 6.07) is 7.77. The molecule has 1 amide bonds. The number of nitrogens with zero attached hydrogens (tertiary/aromatic N) is 2. The molecule has 6 nitrogen and oxygen atoms in total. The van der Waals surface area contributed by atoms with Gasteiger partial charge >= 0.3 is 0 Å². The number of likely N-dealkylation sites (N-methyl/N-ethyl adjacent to an activating group) is 1. The van der Waals surface area contributed by atoms with Crippen molar-refractivity contribution in [1.29, 1.82) is 0 Å². The van der Waals surface area contributed by atoms with Crippen LogP contribution in [0.2, 0.25) is 5.02 Å². The van der Waals surface area contributed by atoms with Crippen molar-refractivity contribution >= 4 is 47.4 Å². The van der Waals surface area contributed by atoms with E-state index in [-0.39, 0.29) is 36.4 Å². The van der Waals surface area contributed by atoms with Gasteiger partial charge in [-0.3, -0.25) is 4.79 Å². The van der Waals surface area contributed by atoms with Gasteiger partial charge in [0.1, 0.15) is 6.54 Å². The predicted octanol–water partition coefficient (Wildman–Crippen LogP) is 2.55. The third-order valence-electron chi connectivity index (χ3n) is 3.48. The van der Waals surface area contributed by atoms with Crippen LogP contribution < -0.4 is 10.6 Å². The minimum absolute atomic E-state index is 0. The summed E-state index contributed by atoms with van der Waals surface area (Å²) in [4.78, 5) is 17.6. The SMILES string of the molecule is CCOCCCNC(=NCC(=O)N(C)C)NCCc1ccccc1Cl.I. The Morgan fingerprint density at radius 2 is 1.92 bits per heavy atom. The van der Waals surface area contributed by atoms with E-state index in [1.54, 1.807) is 14.1 Å². The molecule has 8 heteroatoms. The summed E-state index contributed by atoms with van der Waals surface area (Å²) in [6.07, 6.45) is 1.65. The largest absolute Gasteiger partial charge is 0.382 e. The summed E-state index contributed by atoms with van der Waals surface area (Å²) in [7, 11) is 3.44. The first kappa shape index (κ1) is 24.9. The monoisotopic (exact) mass is 496 g/mol. The molecule has 1 aromatic carbocycles. The number of amides is 1. The van der Waals surface area contributed by atoms with Crippen molar-refractivity contribution in [3.05, 3.63) is 34.9 Å². The maximum Gasteiger partial charge on any atom is 0.243 e. The van der Waals surface area contributed by atoms with Crippen molar-refractivity contribution in [2.75, 3.05) is 46.9 Å². The number of aliphatic imine (C=N–C) groups is 1. The molecule has 1 aromatic rings. The third kappa shape index (κ3) is 10.8. The number of hydrogen-bond donors (Lipinski definition) is 2. The van der Waals surface area contributed by atoms with Gasteiger partial charge in [0, 0.05) is 45.4 Å². The number of rotatable bonds is 10. The lowest BCUT2D eigenvalue weighted by Crippen LogP contribution is -2.40. The van der Waals surface area contributed by atoms with Crippen LogP contribution in [0.25, 0.3) is 0 Å². The van der Waals surface area contributed by atoms with Crippen LogP contribution in [0, 0.1) is 0 Å². The zero-order chi connectivity index (χ0) is 18.5. The zero-order valence-electron chi connectivity index (χ0n) is 15.8. The summed E-state index contributed by atoms with van der Waals surface area (Å²) in [5, 5.41) is 7.24. The van der Waals surface area contributed by atoms with E-state index in [0.29, 0.717) is 25.7 Å². The van der Waals surface area contributed by atoms with E-state index in [0.717, 1.165) is 30.0 Å². The first-order valence-electron chi connectivity index (χ1n) is 8.58. The Morgan fingerprint density at radius 3 is 2.58 bits per heavy atom. The average Bonchev–Trinajstić information content (AvgIpc) is 2.60. The van der Waals surface area contributed by atoms with E-state index in [1.165, 1.54) is 4.90 Å². The van der Waals surface area contributed by atoms with E-state index in [2.05, 4.69) is 15.6 Å². The van der Waals surface area contributed by atoms with Crippen LogP contribution in [0.15, 0.2) is 29.3 Å². The first-order valence-corrected chi connectivity index (χ1v) is 8.95. The van der Waals surface area contributed by atoms with Gasteiger partial charge < -0.3 is 20.3 Å². The minimum atomic E-state index is -0.0403. The Balaban J connectivity index is 0.00000625. The Kier molecular flexibility index (Phi) is 14.4. The number of benzene rings is 1. The number of ether oxygens (including phenoxy) is 1. The maximum atomic E-state index is 11.7. The number of carbonyl (C=O) groups is 1. The normalized spacial score (nSPS) is 10.8. The van der Waals surface area contributed by atoms with Crippen LogP contribution >= 0.6 is 35.6 Å². The maximum absolute atomic E-state index is 11.7. The van der Waals surface area contributed by atoms with E-state index in [1.807, 2.05) is 31.2 Å². The van der Waals surface area contributed by atoms with Gasteiger partial charge in [-0.1, -0.05) is 29.8 Å². The van der Waals surface area contributed by atoms with E-state index in [9.17, 15) is 4.79 Å². The lowest BCUT2D eigenvalue weighted by molar-refractivity contribution is -0.127. The van der Waals surface area contributed by atoms with Crippen LogP contribution in [0.5, 0.6) is 0 Å². The van der Waals surface area contributed by atoms with Crippen LogP contribution in [0.1, 0.15) is 18.9 Å². The van der Waals surface area contributed by atoms with Gasteiger partial charge in [0.15, 0.2) is 5.96 Å². The molecule has 0 bridgehead atoms. The van der Waals surface area contributed by atoms with E-state index in [4.69, 9.17) is 16.3 Å². The van der Waals surface area contributed by atoms with Crippen LogP contribution in [-0.2, 0) is 16.0 Å². The Bertz CT molecular complexity index is 556. The minimum Gasteiger partial charge on any atom is -0.382 e. The smallest absolute Gasteiger partial charge is 0.243 e. The third-order valence-corrected chi connectivity index (χ3v) is 3.85. The van der Waals surface area contributed by atoms with Gasteiger partial charge in [0.25, 0.3) is 0 Å². The Labute approximate surface area is 178 Å². The molecular weight excluding hydrogens is 467 g/mol. The highest BCUT2D eigenvalue weighted by Crippen LogP contribution is 2.14. The number of halogens is 2. The van der Waals surface area contributed by atoms with Crippen molar-refractivity contribution in [1.82, 2.24) is 15.5 Å². The number of carbonyl (C=O) groups excluding carboxylic acids is 1. The van der Waals surface area contributed by atoms with Crippen LogP contribution in [0.3, 0.4) is 0 Å². The summed E-state index contributed by atoms with van der Waals surface area (Å²) < 4.78 is 5.32. The van der Waals surface area contributed by atoms with Crippen molar-refractivity contribution in [2.24, 2.45) is 4.99 Å². The fraction of sp³-hybridized carbons (Fsp3) is 0.556. The molecule has 1 rings (SSSR count). The molecule has 0 aliphatic rings. The molecule has 0 spiro atoms. The average molecular weight is 497 g/mol. The molecule has 0 radical (unpaired) electrons. The quantitative estimate of drug-likeness (QED) is 0.226. The summed E-state index contributed by atoms with van der Waals surface area (Å²) >= 11 is 6.17. The predicted molar refractivity (Wildman–Crippen MR) is 119 cm³/mol. The Morgan fingerprint density at radius 1 is 1.23 bits per heavy atom. The molecule has 0 aromatic heterocycles. The second-order valence-corrected chi connectivity index (χ2v) is 6.11. The lowest BCUT2D eigenvalue weighted by atomic mass is 10.1. The summed E-state index contributed by atoms with van der Waals surface area (Å²) in [5.74, 6) is 0.584. The van der Waals surface area contributed by atoms with Crippen molar-refractivity contribution < 1.29 is 9.53 Å².